The molecule has 2 atom stereocenters. The highest BCUT2D eigenvalue weighted by Gasteiger charge is 2.33. The number of aromatic amines is 1. The Hall–Kier alpha value is -2.73. The highest BCUT2D eigenvalue weighted by Crippen LogP contribution is 2.35. The Morgan fingerprint density at radius 3 is 2.86 bits per heavy atom. The van der Waals surface area contributed by atoms with E-state index in [1.807, 2.05) is 30.5 Å². The normalized spacial score (nSPS) is 21.4. The van der Waals surface area contributed by atoms with Crippen LogP contribution in [0.15, 0.2) is 47.5 Å². The Bertz CT molecular complexity index is 1040. The molecule has 0 radical (unpaired) electrons. The lowest BCUT2D eigenvalue weighted by molar-refractivity contribution is 0.140. The second-order valence-corrected chi connectivity index (χ2v) is 7.92. The summed E-state index contributed by atoms with van der Waals surface area (Å²) in [4.78, 5) is 24.5. The summed E-state index contributed by atoms with van der Waals surface area (Å²) in [6, 6.07) is 10.6. The van der Waals surface area contributed by atoms with Crippen LogP contribution >= 0.6 is 0 Å². The topological polar surface area (TPSA) is 66.8 Å². The molecule has 2 unspecified atom stereocenters. The summed E-state index contributed by atoms with van der Waals surface area (Å²) in [5, 5.41) is 3.28. The van der Waals surface area contributed by atoms with Gasteiger partial charge in [0.2, 0.25) is 0 Å². The van der Waals surface area contributed by atoms with Crippen molar-refractivity contribution >= 4 is 0 Å². The number of H-pyrrole nitrogens is 1. The van der Waals surface area contributed by atoms with Crippen molar-refractivity contribution < 1.29 is 0 Å². The van der Waals surface area contributed by atoms with Crippen LogP contribution in [0.2, 0.25) is 0 Å². The first-order chi connectivity index (χ1) is 13.7. The van der Waals surface area contributed by atoms with Crippen LogP contribution in [-0.4, -0.2) is 37.7 Å². The van der Waals surface area contributed by atoms with Crippen LogP contribution in [0.4, 0.5) is 0 Å². The van der Waals surface area contributed by atoms with Gasteiger partial charge in [0.1, 0.15) is 0 Å². The molecule has 0 saturated heterocycles. The van der Waals surface area contributed by atoms with Crippen LogP contribution in [0.5, 0.6) is 0 Å². The van der Waals surface area contributed by atoms with E-state index >= 15 is 0 Å². The number of pyridine rings is 2. The second-order valence-electron chi connectivity index (χ2n) is 7.92. The number of hydrogen-bond donors (Lipinski definition) is 1. The molecule has 3 heterocycles. The first-order valence-electron chi connectivity index (χ1n) is 10.1. The van der Waals surface area contributed by atoms with Gasteiger partial charge >= 0.3 is 0 Å². The average molecular weight is 375 g/mol. The quantitative estimate of drug-likeness (QED) is 0.764. The Labute approximate surface area is 164 Å². The predicted octanol–water partition coefficient (Wildman–Crippen LogP) is 2.82. The van der Waals surface area contributed by atoms with Crippen molar-refractivity contribution in [3.05, 3.63) is 75.6 Å². The standard InChI is InChI=1S/C22H25N5O/c1-26(19-8-4-6-15-7-5-13-24-21(15)19)16-10-11-18-17(14-16)22(28)27(25-18)20-9-2-3-12-23-20/h2-3,5,7,9,12-13,16,19,25H,4,6,8,10-11,14H2,1H3. The molecule has 0 bridgehead atoms. The lowest BCUT2D eigenvalue weighted by Crippen LogP contribution is -2.41. The molecule has 28 heavy (non-hydrogen) atoms. The summed E-state index contributed by atoms with van der Waals surface area (Å²) < 4.78 is 1.59. The highest BCUT2D eigenvalue weighted by atomic mass is 16.1. The third kappa shape index (κ3) is 2.88. The van der Waals surface area contributed by atoms with Crippen molar-refractivity contribution in [3.63, 3.8) is 0 Å². The van der Waals surface area contributed by atoms with Crippen LogP contribution in [0.25, 0.3) is 5.82 Å². The number of likely N-dealkylation sites (N-methyl/N-ethyl adjacent to an activating group) is 1. The minimum Gasteiger partial charge on any atom is -0.294 e. The number of nitrogens with zero attached hydrogens (tertiary/aromatic N) is 4. The number of nitrogens with one attached hydrogen (secondary N) is 1. The number of aryl methyl sites for hydroxylation is 2. The van der Waals surface area contributed by atoms with Crippen molar-refractivity contribution in [2.24, 2.45) is 0 Å². The van der Waals surface area contributed by atoms with E-state index in [4.69, 9.17) is 4.98 Å². The van der Waals surface area contributed by atoms with E-state index in [-0.39, 0.29) is 5.56 Å². The number of fused-ring (bicyclic) bond motifs is 2. The zero-order valence-electron chi connectivity index (χ0n) is 16.1. The molecular weight excluding hydrogens is 350 g/mol. The molecule has 0 saturated carbocycles. The van der Waals surface area contributed by atoms with Gasteiger partial charge in [0.05, 0.1) is 11.7 Å². The van der Waals surface area contributed by atoms with Crippen LogP contribution in [-0.2, 0) is 19.3 Å². The summed E-state index contributed by atoms with van der Waals surface area (Å²) in [6.07, 6.45) is 9.78. The molecule has 0 amide bonds. The zero-order valence-corrected chi connectivity index (χ0v) is 16.1. The molecule has 0 aliphatic heterocycles. The number of aromatic nitrogens is 4. The predicted molar refractivity (Wildman–Crippen MR) is 108 cm³/mol. The van der Waals surface area contributed by atoms with Crippen molar-refractivity contribution in [2.75, 3.05) is 7.05 Å². The van der Waals surface area contributed by atoms with E-state index in [0.29, 0.717) is 17.9 Å². The smallest absolute Gasteiger partial charge is 0.276 e. The summed E-state index contributed by atoms with van der Waals surface area (Å²) in [7, 11) is 2.20. The fourth-order valence-electron chi connectivity index (χ4n) is 4.81. The fraction of sp³-hybridized carbons (Fsp3) is 0.409. The molecule has 144 valence electrons. The molecule has 2 aliphatic rings. The SMILES string of the molecule is CN(C1CCc2[nH]n(-c3ccccn3)c(=O)c2C1)C1CCCc2cccnc21. The van der Waals surface area contributed by atoms with Gasteiger partial charge in [-0.25, -0.2) is 9.67 Å². The molecule has 0 spiro atoms. The maximum absolute atomic E-state index is 13.0. The molecule has 2 aliphatic carbocycles. The first-order valence-corrected chi connectivity index (χ1v) is 10.1. The van der Waals surface area contributed by atoms with Gasteiger partial charge in [0.25, 0.3) is 5.56 Å². The molecule has 0 aromatic carbocycles. The minimum absolute atomic E-state index is 0.0361. The molecule has 5 rings (SSSR count). The van der Waals surface area contributed by atoms with E-state index in [0.717, 1.165) is 43.4 Å². The van der Waals surface area contributed by atoms with Gasteiger partial charge in [-0.05, 0) is 69.3 Å². The minimum atomic E-state index is 0.0361. The second kappa shape index (κ2) is 7.02. The van der Waals surface area contributed by atoms with Gasteiger partial charge in [0.15, 0.2) is 5.82 Å². The molecular formula is C22H25N5O. The van der Waals surface area contributed by atoms with E-state index in [2.05, 4.69) is 28.1 Å². The van der Waals surface area contributed by atoms with E-state index in [9.17, 15) is 4.79 Å². The Balaban J connectivity index is 1.42. The molecule has 3 aromatic heterocycles. The monoisotopic (exact) mass is 375 g/mol. The van der Waals surface area contributed by atoms with Crippen LogP contribution in [0.3, 0.4) is 0 Å². The first kappa shape index (κ1) is 17.4. The summed E-state index contributed by atoms with van der Waals surface area (Å²) >= 11 is 0. The van der Waals surface area contributed by atoms with E-state index in [1.165, 1.54) is 17.7 Å². The van der Waals surface area contributed by atoms with Crippen LogP contribution in [0.1, 0.15) is 47.8 Å². The third-order valence-electron chi connectivity index (χ3n) is 6.35. The lowest BCUT2D eigenvalue weighted by atomic mass is 9.87. The summed E-state index contributed by atoms with van der Waals surface area (Å²) in [5.41, 5.74) is 4.60. The lowest BCUT2D eigenvalue weighted by Gasteiger charge is -2.39. The van der Waals surface area contributed by atoms with Crippen molar-refractivity contribution in [1.29, 1.82) is 0 Å². The van der Waals surface area contributed by atoms with Crippen LogP contribution < -0.4 is 5.56 Å². The fourth-order valence-corrected chi connectivity index (χ4v) is 4.81. The Morgan fingerprint density at radius 2 is 2.00 bits per heavy atom. The molecule has 0 fully saturated rings. The van der Waals surface area contributed by atoms with Gasteiger partial charge in [0, 0.05) is 29.7 Å². The van der Waals surface area contributed by atoms with Gasteiger partial charge in [-0.15, -0.1) is 0 Å². The number of hydrogen-bond acceptors (Lipinski definition) is 4. The molecule has 1 N–H and O–H groups in total. The van der Waals surface area contributed by atoms with E-state index < -0.39 is 0 Å². The van der Waals surface area contributed by atoms with Crippen molar-refractivity contribution in [3.8, 4) is 5.82 Å². The molecule has 6 nitrogen and oxygen atoms in total. The average Bonchev–Trinajstić information content (AvgIpc) is 3.09. The maximum atomic E-state index is 13.0. The van der Waals surface area contributed by atoms with Gasteiger partial charge < -0.3 is 0 Å². The maximum Gasteiger partial charge on any atom is 0.276 e. The third-order valence-corrected chi connectivity index (χ3v) is 6.35. The summed E-state index contributed by atoms with van der Waals surface area (Å²) in [6.45, 7) is 0. The van der Waals surface area contributed by atoms with Gasteiger partial charge in [-0.2, -0.15) is 0 Å². The Kier molecular flexibility index (Phi) is 4.36. The largest absolute Gasteiger partial charge is 0.294 e. The molecule has 6 heteroatoms. The molecule has 3 aromatic rings. The van der Waals surface area contributed by atoms with Crippen molar-refractivity contribution in [1.82, 2.24) is 24.6 Å². The number of rotatable bonds is 3. The Morgan fingerprint density at radius 1 is 1.11 bits per heavy atom. The highest BCUT2D eigenvalue weighted by molar-refractivity contribution is 5.30. The zero-order chi connectivity index (χ0) is 19.1. The van der Waals surface area contributed by atoms with E-state index in [1.54, 1.807) is 10.9 Å². The van der Waals surface area contributed by atoms with Crippen LogP contribution in [0, 0.1) is 0 Å². The van der Waals surface area contributed by atoms with Gasteiger partial charge in [-0.3, -0.25) is 19.8 Å². The van der Waals surface area contributed by atoms with Gasteiger partial charge in [-0.1, -0.05) is 12.1 Å². The summed E-state index contributed by atoms with van der Waals surface area (Å²) in [5.74, 6) is 0.650. The van der Waals surface area contributed by atoms with Crippen molar-refractivity contribution in [2.45, 2.75) is 50.6 Å².